The Morgan fingerprint density at radius 3 is 2.65 bits per heavy atom. The summed E-state index contributed by atoms with van der Waals surface area (Å²) >= 11 is 0. The summed E-state index contributed by atoms with van der Waals surface area (Å²) < 4.78 is 6.56. The van der Waals surface area contributed by atoms with E-state index in [9.17, 15) is 4.79 Å². The summed E-state index contributed by atoms with van der Waals surface area (Å²) in [7, 11) is 1.60. The van der Waals surface area contributed by atoms with Gasteiger partial charge in [0.25, 0.3) is 0 Å². The van der Waals surface area contributed by atoms with Gasteiger partial charge in [-0.1, -0.05) is 12.1 Å². The van der Waals surface area contributed by atoms with E-state index in [-0.39, 0.29) is 6.03 Å². The number of rotatable bonds is 2. The summed E-state index contributed by atoms with van der Waals surface area (Å²) in [6.45, 7) is 0. The monoisotopic (exact) mass is 267 g/mol. The minimum absolute atomic E-state index is 0.246. The normalized spacial score (nSPS) is 10.4. The lowest BCUT2D eigenvalue weighted by Gasteiger charge is -2.07. The standard InChI is InChI=1S/C15H13N3O2/c1-20-12-8-6-11(7-9-12)17-15(19)18-10-16-13-4-2-3-5-14(13)18/h2-10H,1H3,(H,17,19). The van der Waals surface area contributed by atoms with Gasteiger partial charge in [0.2, 0.25) is 0 Å². The van der Waals surface area contributed by atoms with Gasteiger partial charge in [-0.3, -0.25) is 4.57 Å². The predicted molar refractivity (Wildman–Crippen MR) is 77.1 cm³/mol. The quantitative estimate of drug-likeness (QED) is 0.776. The number of benzene rings is 2. The van der Waals surface area contributed by atoms with E-state index in [1.165, 1.54) is 10.9 Å². The van der Waals surface area contributed by atoms with Crippen LogP contribution in [-0.4, -0.2) is 22.7 Å². The first-order valence-electron chi connectivity index (χ1n) is 6.15. The van der Waals surface area contributed by atoms with Crippen LogP contribution in [0.15, 0.2) is 54.9 Å². The van der Waals surface area contributed by atoms with Crippen LogP contribution in [0, 0.1) is 0 Å². The molecule has 3 rings (SSSR count). The van der Waals surface area contributed by atoms with Gasteiger partial charge < -0.3 is 10.1 Å². The van der Waals surface area contributed by atoms with E-state index < -0.39 is 0 Å². The molecule has 0 aliphatic rings. The van der Waals surface area contributed by atoms with Gasteiger partial charge in [0.15, 0.2) is 0 Å². The lowest BCUT2D eigenvalue weighted by molar-refractivity contribution is 0.254. The fourth-order valence-electron chi connectivity index (χ4n) is 1.98. The van der Waals surface area contributed by atoms with E-state index in [2.05, 4.69) is 10.3 Å². The topological polar surface area (TPSA) is 56.1 Å². The Morgan fingerprint density at radius 1 is 1.15 bits per heavy atom. The van der Waals surface area contributed by atoms with Crippen molar-refractivity contribution in [1.82, 2.24) is 9.55 Å². The Balaban J connectivity index is 1.85. The first-order chi connectivity index (χ1) is 9.78. The van der Waals surface area contributed by atoms with Gasteiger partial charge >= 0.3 is 6.03 Å². The van der Waals surface area contributed by atoms with Crippen molar-refractivity contribution < 1.29 is 9.53 Å². The number of amides is 1. The molecular weight excluding hydrogens is 254 g/mol. The Hall–Kier alpha value is -2.82. The lowest BCUT2D eigenvalue weighted by atomic mass is 10.3. The number of imidazole rings is 1. The van der Waals surface area contributed by atoms with Gasteiger partial charge in [-0.25, -0.2) is 9.78 Å². The summed E-state index contributed by atoms with van der Waals surface area (Å²) in [5.74, 6) is 0.746. The number of methoxy groups -OCH3 is 1. The van der Waals surface area contributed by atoms with Crippen molar-refractivity contribution in [3.63, 3.8) is 0 Å². The molecule has 3 aromatic rings. The van der Waals surface area contributed by atoms with E-state index >= 15 is 0 Å². The Morgan fingerprint density at radius 2 is 1.90 bits per heavy atom. The highest BCUT2D eigenvalue weighted by atomic mass is 16.5. The molecule has 0 aliphatic carbocycles. The van der Waals surface area contributed by atoms with E-state index in [1.54, 1.807) is 31.4 Å². The lowest BCUT2D eigenvalue weighted by Crippen LogP contribution is -2.18. The van der Waals surface area contributed by atoms with Crippen LogP contribution in [0.1, 0.15) is 0 Å². The molecule has 0 saturated carbocycles. The smallest absolute Gasteiger partial charge is 0.331 e. The number of fused-ring (bicyclic) bond motifs is 1. The third-order valence-corrected chi connectivity index (χ3v) is 3.01. The third-order valence-electron chi connectivity index (χ3n) is 3.01. The molecule has 20 heavy (non-hydrogen) atoms. The zero-order chi connectivity index (χ0) is 13.9. The predicted octanol–water partition coefficient (Wildman–Crippen LogP) is 3.13. The molecule has 0 saturated heterocycles. The fraction of sp³-hybridized carbons (Fsp3) is 0.0667. The fourth-order valence-corrected chi connectivity index (χ4v) is 1.98. The molecule has 5 nitrogen and oxygen atoms in total. The van der Waals surface area contributed by atoms with Crippen LogP contribution < -0.4 is 10.1 Å². The van der Waals surface area contributed by atoms with Crippen molar-refractivity contribution in [3.8, 4) is 5.75 Å². The van der Waals surface area contributed by atoms with Gasteiger partial charge in [-0.2, -0.15) is 0 Å². The molecule has 1 N–H and O–H groups in total. The number of anilines is 1. The Bertz CT molecular complexity index is 747. The average molecular weight is 267 g/mol. The molecule has 5 heteroatoms. The number of hydrogen-bond acceptors (Lipinski definition) is 3. The molecule has 100 valence electrons. The highest BCUT2D eigenvalue weighted by Crippen LogP contribution is 2.16. The zero-order valence-electron chi connectivity index (χ0n) is 10.9. The van der Waals surface area contributed by atoms with Crippen molar-refractivity contribution in [2.45, 2.75) is 0 Å². The van der Waals surface area contributed by atoms with Gasteiger partial charge in [-0.15, -0.1) is 0 Å². The van der Waals surface area contributed by atoms with Crippen molar-refractivity contribution in [2.24, 2.45) is 0 Å². The molecule has 0 spiro atoms. The average Bonchev–Trinajstić information content (AvgIpc) is 2.92. The second kappa shape index (κ2) is 5.05. The number of carbonyl (C=O) groups excluding carboxylic acids is 1. The minimum Gasteiger partial charge on any atom is -0.497 e. The number of carbonyl (C=O) groups is 1. The van der Waals surface area contributed by atoms with Gasteiger partial charge in [0, 0.05) is 5.69 Å². The largest absolute Gasteiger partial charge is 0.497 e. The molecule has 0 unspecified atom stereocenters. The second-order valence-corrected chi connectivity index (χ2v) is 4.26. The molecular formula is C15H13N3O2. The van der Waals surface area contributed by atoms with Crippen LogP contribution in [0.2, 0.25) is 0 Å². The van der Waals surface area contributed by atoms with Crippen LogP contribution in [-0.2, 0) is 0 Å². The number of aromatic nitrogens is 2. The molecule has 0 atom stereocenters. The highest BCUT2D eigenvalue weighted by Gasteiger charge is 2.09. The van der Waals surface area contributed by atoms with Gasteiger partial charge in [-0.05, 0) is 36.4 Å². The number of nitrogens with zero attached hydrogens (tertiary/aromatic N) is 2. The molecule has 1 heterocycles. The Kier molecular flexibility index (Phi) is 3.09. The van der Waals surface area contributed by atoms with Gasteiger partial charge in [0.1, 0.15) is 12.1 Å². The van der Waals surface area contributed by atoms with Crippen molar-refractivity contribution in [2.75, 3.05) is 12.4 Å². The van der Waals surface area contributed by atoms with Crippen LogP contribution in [0.3, 0.4) is 0 Å². The maximum atomic E-state index is 12.2. The summed E-state index contributed by atoms with van der Waals surface area (Å²) in [5, 5.41) is 2.82. The van der Waals surface area contributed by atoms with Crippen molar-refractivity contribution in [1.29, 1.82) is 0 Å². The maximum absolute atomic E-state index is 12.2. The Labute approximate surface area is 115 Å². The number of para-hydroxylation sites is 2. The summed E-state index contributed by atoms with van der Waals surface area (Å²) in [4.78, 5) is 16.4. The molecule has 0 radical (unpaired) electrons. The molecule has 1 amide bonds. The number of nitrogens with one attached hydrogen (secondary N) is 1. The number of hydrogen-bond donors (Lipinski definition) is 1. The molecule has 1 aromatic heterocycles. The zero-order valence-corrected chi connectivity index (χ0v) is 10.9. The van der Waals surface area contributed by atoms with Crippen molar-refractivity contribution in [3.05, 3.63) is 54.9 Å². The highest BCUT2D eigenvalue weighted by molar-refractivity contribution is 5.97. The van der Waals surface area contributed by atoms with E-state index in [1.807, 2.05) is 24.3 Å². The molecule has 0 bridgehead atoms. The number of ether oxygens (including phenoxy) is 1. The molecule has 0 fully saturated rings. The maximum Gasteiger partial charge on any atom is 0.331 e. The first-order valence-corrected chi connectivity index (χ1v) is 6.15. The second-order valence-electron chi connectivity index (χ2n) is 4.26. The van der Waals surface area contributed by atoms with Crippen LogP contribution in [0.25, 0.3) is 11.0 Å². The molecule has 2 aromatic carbocycles. The minimum atomic E-state index is -0.246. The van der Waals surface area contributed by atoms with Gasteiger partial charge in [0.05, 0.1) is 18.1 Å². The SMILES string of the molecule is COc1ccc(NC(=O)n2cnc3ccccc32)cc1. The summed E-state index contributed by atoms with van der Waals surface area (Å²) in [6.07, 6.45) is 1.52. The van der Waals surface area contributed by atoms with Crippen LogP contribution in [0.4, 0.5) is 10.5 Å². The third kappa shape index (κ3) is 2.21. The van der Waals surface area contributed by atoms with Crippen molar-refractivity contribution >= 4 is 22.8 Å². The van der Waals surface area contributed by atoms with Crippen LogP contribution in [0.5, 0.6) is 5.75 Å². The van der Waals surface area contributed by atoms with E-state index in [0.717, 1.165) is 16.8 Å². The molecule has 0 aliphatic heterocycles. The van der Waals surface area contributed by atoms with E-state index in [4.69, 9.17) is 4.74 Å². The van der Waals surface area contributed by atoms with Crippen LogP contribution >= 0.6 is 0 Å². The first kappa shape index (κ1) is 12.2. The van der Waals surface area contributed by atoms with E-state index in [0.29, 0.717) is 5.69 Å². The summed E-state index contributed by atoms with van der Waals surface area (Å²) in [5.41, 5.74) is 2.27. The summed E-state index contributed by atoms with van der Waals surface area (Å²) in [6, 6.07) is 14.4.